The maximum absolute atomic E-state index is 12.6. The van der Waals surface area contributed by atoms with Crippen molar-refractivity contribution in [2.45, 2.75) is 17.9 Å². The molecule has 1 aliphatic rings. The van der Waals surface area contributed by atoms with Gasteiger partial charge in [-0.2, -0.15) is 0 Å². The van der Waals surface area contributed by atoms with Gasteiger partial charge in [0, 0.05) is 30.0 Å². The van der Waals surface area contributed by atoms with Crippen LogP contribution in [0.1, 0.15) is 5.56 Å². The highest BCUT2D eigenvalue weighted by Crippen LogP contribution is 2.29. The Labute approximate surface area is 167 Å². The predicted molar refractivity (Wildman–Crippen MR) is 113 cm³/mol. The van der Waals surface area contributed by atoms with Crippen LogP contribution in [0.25, 0.3) is 11.0 Å². The Bertz CT molecular complexity index is 957. The number of amides is 1. The number of carbonyl (C=O) groups excluding carboxylic acids is 1. The molecular weight excluding hydrogens is 372 g/mol. The lowest BCUT2D eigenvalue weighted by Crippen LogP contribution is -2.42. The number of pyridine rings is 1. The van der Waals surface area contributed by atoms with Gasteiger partial charge in [0.25, 0.3) is 0 Å². The second-order valence-corrected chi connectivity index (χ2v) is 7.54. The second kappa shape index (κ2) is 8.95. The molecule has 0 saturated carbocycles. The summed E-state index contributed by atoms with van der Waals surface area (Å²) in [5, 5.41) is 9.22. The van der Waals surface area contributed by atoms with Crippen molar-refractivity contribution < 1.29 is 9.53 Å². The highest BCUT2D eigenvalue weighted by molar-refractivity contribution is 8.03. The highest BCUT2D eigenvalue weighted by Gasteiger charge is 2.30. The van der Waals surface area contributed by atoms with Crippen LogP contribution in [0, 0.1) is 0 Å². The van der Waals surface area contributed by atoms with E-state index in [2.05, 4.69) is 20.6 Å². The SMILES string of the molecule is O=C(NCCOCc1ccccc1)C1SC=CC1Nc1ccnc2[nH]ccc12. The molecule has 3 heterocycles. The number of fused-ring (bicyclic) bond motifs is 1. The molecule has 2 unspecified atom stereocenters. The summed E-state index contributed by atoms with van der Waals surface area (Å²) in [5.41, 5.74) is 2.92. The van der Waals surface area contributed by atoms with E-state index in [4.69, 9.17) is 4.74 Å². The van der Waals surface area contributed by atoms with Crippen molar-refractivity contribution in [3.8, 4) is 0 Å². The number of nitrogens with zero attached hydrogens (tertiary/aromatic N) is 1. The van der Waals surface area contributed by atoms with E-state index in [0.29, 0.717) is 19.8 Å². The lowest BCUT2D eigenvalue weighted by Gasteiger charge is -2.21. The van der Waals surface area contributed by atoms with Crippen LogP contribution in [-0.4, -0.2) is 40.3 Å². The number of aromatic nitrogens is 2. The smallest absolute Gasteiger partial charge is 0.235 e. The second-order valence-electron chi connectivity index (χ2n) is 6.48. The van der Waals surface area contributed by atoms with Crippen molar-refractivity contribution in [3.05, 3.63) is 71.9 Å². The number of hydrogen-bond donors (Lipinski definition) is 3. The first-order chi connectivity index (χ1) is 13.8. The van der Waals surface area contributed by atoms with Gasteiger partial charge in [0.1, 0.15) is 10.9 Å². The third kappa shape index (κ3) is 4.37. The van der Waals surface area contributed by atoms with E-state index in [0.717, 1.165) is 22.3 Å². The standard InChI is InChI=1S/C21H22N4O2S/c26-21(24-11-12-27-14-15-4-2-1-3-5-15)19-18(8-13-28-19)25-17-7-10-23-20-16(17)6-9-22-20/h1-10,13,18-19H,11-12,14H2,(H,24,26)(H2,22,23,25). The van der Waals surface area contributed by atoms with Crippen molar-refractivity contribution in [3.63, 3.8) is 0 Å². The number of H-pyrrole nitrogens is 1. The van der Waals surface area contributed by atoms with E-state index in [-0.39, 0.29) is 17.2 Å². The Morgan fingerprint density at radius 1 is 1.21 bits per heavy atom. The molecule has 1 amide bonds. The molecule has 28 heavy (non-hydrogen) atoms. The Hall–Kier alpha value is -2.77. The number of carbonyl (C=O) groups is 1. The maximum Gasteiger partial charge on any atom is 0.235 e. The van der Waals surface area contributed by atoms with Gasteiger partial charge in [0.2, 0.25) is 5.91 Å². The predicted octanol–water partition coefficient (Wildman–Crippen LogP) is 3.31. The van der Waals surface area contributed by atoms with Gasteiger partial charge >= 0.3 is 0 Å². The lowest BCUT2D eigenvalue weighted by atomic mass is 10.1. The van der Waals surface area contributed by atoms with E-state index in [1.807, 2.05) is 60.1 Å². The zero-order valence-electron chi connectivity index (χ0n) is 15.3. The number of hydrogen-bond acceptors (Lipinski definition) is 5. The van der Waals surface area contributed by atoms with Crippen molar-refractivity contribution in [1.29, 1.82) is 0 Å². The van der Waals surface area contributed by atoms with E-state index in [9.17, 15) is 4.79 Å². The number of ether oxygens (including phenoxy) is 1. The molecule has 1 aliphatic heterocycles. The Kier molecular flexibility index (Phi) is 5.94. The highest BCUT2D eigenvalue weighted by atomic mass is 32.2. The third-order valence-electron chi connectivity index (χ3n) is 4.54. The summed E-state index contributed by atoms with van der Waals surface area (Å²) in [6.45, 7) is 1.53. The molecule has 2 aromatic heterocycles. The van der Waals surface area contributed by atoms with Crippen LogP contribution in [0.2, 0.25) is 0 Å². The van der Waals surface area contributed by atoms with Crippen LogP contribution < -0.4 is 10.6 Å². The van der Waals surface area contributed by atoms with Gasteiger partial charge in [-0.25, -0.2) is 4.98 Å². The molecule has 0 bridgehead atoms. The number of anilines is 1. The largest absolute Gasteiger partial charge is 0.376 e. The van der Waals surface area contributed by atoms with Gasteiger partial charge in [-0.15, -0.1) is 11.8 Å². The number of aromatic amines is 1. The molecule has 4 rings (SSSR count). The number of thioether (sulfide) groups is 1. The van der Waals surface area contributed by atoms with Gasteiger partial charge in [-0.3, -0.25) is 4.79 Å². The zero-order chi connectivity index (χ0) is 19.2. The summed E-state index contributed by atoms with van der Waals surface area (Å²) in [6.07, 6.45) is 5.65. The molecule has 7 heteroatoms. The van der Waals surface area contributed by atoms with Crippen LogP contribution in [0.3, 0.4) is 0 Å². The number of benzene rings is 1. The molecule has 1 aromatic carbocycles. The molecular formula is C21H22N4O2S. The topological polar surface area (TPSA) is 79.0 Å². The van der Waals surface area contributed by atoms with E-state index >= 15 is 0 Å². The maximum atomic E-state index is 12.6. The third-order valence-corrected chi connectivity index (χ3v) is 5.65. The van der Waals surface area contributed by atoms with Gasteiger partial charge in [-0.05, 0) is 23.1 Å². The van der Waals surface area contributed by atoms with Crippen LogP contribution in [0.15, 0.2) is 66.3 Å². The summed E-state index contributed by atoms with van der Waals surface area (Å²) in [7, 11) is 0. The van der Waals surface area contributed by atoms with E-state index < -0.39 is 0 Å². The fourth-order valence-electron chi connectivity index (χ4n) is 3.13. The van der Waals surface area contributed by atoms with Gasteiger partial charge < -0.3 is 20.4 Å². The summed E-state index contributed by atoms with van der Waals surface area (Å²) in [4.78, 5) is 20.0. The van der Waals surface area contributed by atoms with Gasteiger partial charge in [0.05, 0.1) is 19.3 Å². The minimum absolute atomic E-state index is 0.00943. The lowest BCUT2D eigenvalue weighted by molar-refractivity contribution is -0.120. The molecule has 0 spiro atoms. The summed E-state index contributed by atoms with van der Waals surface area (Å²) < 4.78 is 5.63. The molecule has 6 nitrogen and oxygen atoms in total. The van der Waals surface area contributed by atoms with Gasteiger partial charge in [0.15, 0.2) is 0 Å². The molecule has 144 valence electrons. The normalized spacial score (nSPS) is 18.4. The van der Waals surface area contributed by atoms with Crippen molar-refractivity contribution in [1.82, 2.24) is 15.3 Å². The van der Waals surface area contributed by atoms with Gasteiger partial charge in [-0.1, -0.05) is 36.4 Å². The van der Waals surface area contributed by atoms with E-state index in [1.54, 1.807) is 6.20 Å². The Morgan fingerprint density at radius 2 is 2.11 bits per heavy atom. The average Bonchev–Trinajstić information content (AvgIpc) is 3.38. The first-order valence-electron chi connectivity index (χ1n) is 9.21. The molecule has 3 N–H and O–H groups in total. The van der Waals surface area contributed by atoms with Crippen molar-refractivity contribution in [2.75, 3.05) is 18.5 Å². The molecule has 0 fully saturated rings. The summed E-state index contributed by atoms with van der Waals surface area (Å²) in [6, 6.07) is 13.8. The Balaban J connectivity index is 1.26. The van der Waals surface area contributed by atoms with Crippen LogP contribution >= 0.6 is 11.8 Å². The average molecular weight is 395 g/mol. The summed E-state index contributed by atoms with van der Waals surface area (Å²) in [5.74, 6) is 0.00943. The number of nitrogens with one attached hydrogen (secondary N) is 3. The van der Waals surface area contributed by atoms with Crippen molar-refractivity contribution >= 4 is 34.4 Å². The fourth-order valence-corrected chi connectivity index (χ4v) is 4.09. The number of rotatable bonds is 8. The minimum atomic E-state index is -0.212. The Morgan fingerprint density at radius 3 is 3.00 bits per heavy atom. The first kappa shape index (κ1) is 18.6. The molecule has 3 aromatic rings. The quantitative estimate of drug-likeness (QED) is 0.511. The van der Waals surface area contributed by atoms with Crippen molar-refractivity contribution in [2.24, 2.45) is 0 Å². The minimum Gasteiger partial charge on any atom is -0.376 e. The first-order valence-corrected chi connectivity index (χ1v) is 10.2. The fraction of sp³-hybridized carbons (Fsp3) is 0.238. The molecule has 0 aliphatic carbocycles. The molecule has 0 radical (unpaired) electrons. The van der Waals surface area contributed by atoms with Crippen LogP contribution in [-0.2, 0) is 16.1 Å². The summed E-state index contributed by atoms with van der Waals surface area (Å²) >= 11 is 1.53. The van der Waals surface area contributed by atoms with E-state index in [1.165, 1.54) is 11.8 Å². The van der Waals surface area contributed by atoms with Crippen LogP contribution in [0.4, 0.5) is 5.69 Å². The monoisotopic (exact) mass is 394 g/mol. The molecule has 2 atom stereocenters. The molecule has 0 saturated heterocycles. The zero-order valence-corrected chi connectivity index (χ0v) is 16.1. The van der Waals surface area contributed by atoms with Crippen LogP contribution in [0.5, 0.6) is 0 Å².